The highest BCUT2D eigenvalue weighted by Gasteiger charge is 2.37. The quantitative estimate of drug-likeness (QED) is 0.290. The van der Waals surface area contributed by atoms with E-state index in [-0.39, 0.29) is 17.3 Å². The summed E-state index contributed by atoms with van der Waals surface area (Å²) in [6.07, 6.45) is -4.41. The van der Waals surface area contributed by atoms with Crippen molar-refractivity contribution in [2.75, 3.05) is 6.61 Å². The Morgan fingerprint density at radius 3 is 2.15 bits per heavy atom. The summed E-state index contributed by atoms with van der Waals surface area (Å²) >= 11 is 0. The zero-order valence-corrected chi connectivity index (χ0v) is 17.7. The maximum absolute atomic E-state index is 13.4. The fourth-order valence-electron chi connectivity index (χ4n) is 3.58. The SMILES string of the molecule is CCOc1ccccc1-c1ccncc1-n1cncc1-c1cc(C(F)(F)F)cc(C(F)(F)F)c1. The average molecular weight is 477 g/mol. The van der Waals surface area contributed by atoms with Crippen molar-refractivity contribution < 1.29 is 31.1 Å². The predicted octanol–water partition coefficient (Wildman–Crippen LogP) is 7.04. The van der Waals surface area contributed by atoms with Gasteiger partial charge in [-0.05, 0) is 37.3 Å². The van der Waals surface area contributed by atoms with E-state index in [1.54, 1.807) is 30.3 Å². The van der Waals surface area contributed by atoms with Crippen molar-refractivity contribution in [3.63, 3.8) is 0 Å². The fraction of sp³-hybridized carbons (Fsp3) is 0.167. The van der Waals surface area contributed by atoms with Crippen molar-refractivity contribution in [3.8, 4) is 33.8 Å². The Kier molecular flexibility index (Phi) is 6.07. The van der Waals surface area contributed by atoms with E-state index in [9.17, 15) is 26.3 Å². The van der Waals surface area contributed by atoms with Gasteiger partial charge in [-0.3, -0.25) is 9.55 Å². The molecule has 0 unspecified atom stereocenters. The van der Waals surface area contributed by atoms with Crippen LogP contribution in [0.3, 0.4) is 0 Å². The number of nitrogens with zero attached hydrogens (tertiary/aromatic N) is 3. The standard InChI is InChI=1S/C24H17F6N3O/c1-2-34-22-6-4-3-5-19(22)18-7-8-31-13-21(18)33-14-32-12-20(33)15-9-16(23(25,26)27)11-17(10-15)24(28,29)30/h3-14H,2H2,1H3. The number of alkyl halides is 6. The molecule has 0 N–H and O–H groups in total. The molecule has 0 aliphatic carbocycles. The Labute approximate surface area is 190 Å². The molecule has 2 heterocycles. The molecule has 176 valence electrons. The van der Waals surface area contributed by atoms with Gasteiger partial charge < -0.3 is 4.74 Å². The van der Waals surface area contributed by atoms with Crippen LogP contribution in [0.25, 0.3) is 28.1 Å². The van der Waals surface area contributed by atoms with Crippen LogP contribution in [0.5, 0.6) is 5.75 Å². The second-order valence-corrected chi connectivity index (χ2v) is 7.27. The molecule has 0 spiro atoms. The molecule has 4 nitrogen and oxygen atoms in total. The minimum absolute atomic E-state index is 0.0414. The van der Waals surface area contributed by atoms with Gasteiger partial charge in [-0.25, -0.2) is 4.98 Å². The zero-order chi connectivity index (χ0) is 24.5. The third-order valence-corrected chi connectivity index (χ3v) is 5.06. The van der Waals surface area contributed by atoms with E-state index in [1.165, 1.54) is 29.5 Å². The van der Waals surface area contributed by atoms with E-state index >= 15 is 0 Å². The van der Waals surface area contributed by atoms with Gasteiger partial charge in [-0.1, -0.05) is 18.2 Å². The molecule has 4 rings (SSSR count). The van der Waals surface area contributed by atoms with Crippen molar-refractivity contribution in [1.29, 1.82) is 0 Å². The molecular formula is C24H17F6N3O. The molecule has 10 heteroatoms. The summed E-state index contributed by atoms with van der Waals surface area (Å²) in [5.74, 6) is 0.567. The van der Waals surface area contributed by atoms with Crippen LogP contribution >= 0.6 is 0 Å². The molecule has 0 aliphatic rings. The van der Waals surface area contributed by atoms with Gasteiger partial charge >= 0.3 is 12.4 Å². The summed E-state index contributed by atoms with van der Waals surface area (Å²) in [5.41, 5.74) is -1.35. The van der Waals surface area contributed by atoms with Crippen LogP contribution in [0, 0.1) is 0 Å². The molecule has 0 atom stereocenters. The molecule has 0 saturated heterocycles. The molecule has 0 saturated carbocycles. The highest BCUT2D eigenvalue weighted by Crippen LogP contribution is 2.40. The second kappa shape index (κ2) is 8.85. The van der Waals surface area contributed by atoms with E-state index in [1.807, 2.05) is 6.92 Å². The first-order valence-electron chi connectivity index (χ1n) is 10.1. The van der Waals surface area contributed by atoms with Crippen LogP contribution in [0.2, 0.25) is 0 Å². The molecule has 0 bridgehead atoms. The van der Waals surface area contributed by atoms with Crippen LogP contribution in [0.1, 0.15) is 18.1 Å². The van der Waals surface area contributed by atoms with Crippen LogP contribution in [0.4, 0.5) is 26.3 Å². The number of benzene rings is 2. The lowest BCUT2D eigenvalue weighted by Gasteiger charge is -2.17. The van der Waals surface area contributed by atoms with Crippen LogP contribution in [-0.4, -0.2) is 21.1 Å². The van der Waals surface area contributed by atoms with E-state index in [4.69, 9.17) is 4.74 Å². The first-order chi connectivity index (χ1) is 16.1. The van der Waals surface area contributed by atoms with Gasteiger partial charge in [0.1, 0.15) is 5.75 Å². The van der Waals surface area contributed by atoms with Gasteiger partial charge in [0, 0.05) is 22.9 Å². The van der Waals surface area contributed by atoms with E-state index in [2.05, 4.69) is 9.97 Å². The number of rotatable bonds is 5. The van der Waals surface area contributed by atoms with Gasteiger partial charge in [-0.2, -0.15) is 26.3 Å². The van der Waals surface area contributed by atoms with Crippen molar-refractivity contribution >= 4 is 0 Å². The number of hydrogen-bond donors (Lipinski definition) is 0. The zero-order valence-electron chi connectivity index (χ0n) is 17.7. The summed E-state index contributed by atoms with van der Waals surface area (Å²) in [7, 11) is 0. The molecule has 0 aliphatic heterocycles. The topological polar surface area (TPSA) is 39.9 Å². The Bertz CT molecular complexity index is 1280. The van der Waals surface area contributed by atoms with Gasteiger partial charge in [0.25, 0.3) is 0 Å². The summed E-state index contributed by atoms with van der Waals surface area (Å²) < 4.78 is 87.4. The lowest BCUT2D eigenvalue weighted by Crippen LogP contribution is -2.11. The summed E-state index contributed by atoms with van der Waals surface area (Å²) in [5, 5.41) is 0. The summed E-state index contributed by atoms with van der Waals surface area (Å²) in [6, 6.07) is 10.3. The largest absolute Gasteiger partial charge is 0.493 e. The Morgan fingerprint density at radius 2 is 1.50 bits per heavy atom. The maximum Gasteiger partial charge on any atom is 0.416 e. The first kappa shape index (κ1) is 23.3. The van der Waals surface area contributed by atoms with Gasteiger partial charge in [0.15, 0.2) is 0 Å². The predicted molar refractivity (Wildman–Crippen MR) is 113 cm³/mol. The Hall–Kier alpha value is -3.82. The van der Waals surface area contributed by atoms with E-state index in [0.717, 1.165) is 0 Å². The maximum atomic E-state index is 13.4. The van der Waals surface area contributed by atoms with Gasteiger partial charge in [-0.15, -0.1) is 0 Å². The molecule has 34 heavy (non-hydrogen) atoms. The van der Waals surface area contributed by atoms with Gasteiger partial charge in [0.2, 0.25) is 0 Å². The smallest absolute Gasteiger partial charge is 0.416 e. The summed E-state index contributed by atoms with van der Waals surface area (Å²) in [4.78, 5) is 8.10. The molecule has 4 aromatic rings. The number of ether oxygens (including phenoxy) is 1. The molecule has 2 aromatic carbocycles. The summed E-state index contributed by atoms with van der Waals surface area (Å²) in [6.45, 7) is 2.22. The monoisotopic (exact) mass is 477 g/mol. The lowest BCUT2D eigenvalue weighted by atomic mass is 10.0. The van der Waals surface area contributed by atoms with Crippen LogP contribution < -0.4 is 4.74 Å². The van der Waals surface area contributed by atoms with E-state index < -0.39 is 23.5 Å². The lowest BCUT2D eigenvalue weighted by molar-refractivity contribution is -0.143. The van der Waals surface area contributed by atoms with Crippen LogP contribution in [-0.2, 0) is 12.4 Å². The number of pyridine rings is 1. The third kappa shape index (κ3) is 4.61. The first-order valence-corrected chi connectivity index (χ1v) is 10.1. The number of halogens is 6. The number of imidazole rings is 1. The molecule has 2 aromatic heterocycles. The molecular weight excluding hydrogens is 460 g/mol. The minimum atomic E-state index is -4.96. The van der Waals surface area contributed by atoms with Crippen LogP contribution in [0.15, 0.2) is 73.4 Å². The second-order valence-electron chi connectivity index (χ2n) is 7.27. The highest BCUT2D eigenvalue weighted by atomic mass is 19.4. The minimum Gasteiger partial charge on any atom is -0.493 e. The number of hydrogen-bond acceptors (Lipinski definition) is 3. The molecule has 0 fully saturated rings. The molecule has 0 amide bonds. The third-order valence-electron chi connectivity index (χ3n) is 5.06. The van der Waals surface area contributed by atoms with Crippen molar-refractivity contribution in [2.45, 2.75) is 19.3 Å². The van der Waals surface area contributed by atoms with E-state index in [0.29, 0.717) is 41.3 Å². The Morgan fingerprint density at radius 1 is 0.824 bits per heavy atom. The van der Waals surface area contributed by atoms with Crippen molar-refractivity contribution in [2.24, 2.45) is 0 Å². The van der Waals surface area contributed by atoms with Crippen molar-refractivity contribution in [1.82, 2.24) is 14.5 Å². The molecule has 0 radical (unpaired) electrons. The Balaban J connectivity index is 1.92. The normalized spacial score (nSPS) is 12.1. The fourth-order valence-corrected chi connectivity index (χ4v) is 3.58. The number of aromatic nitrogens is 3. The van der Waals surface area contributed by atoms with Gasteiger partial charge in [0.05, 0.1) is 47.8 Å². The average Bonchev–Trinajstić information content (AvgIpc) is 3.28. The van der Waals surface area contributed by atoms with Crippen molar-refractivity contribution in [3.05, 3.63) is 84.6 Å². The number of para-hydroxylation sites is 1. The highest BCUT2D eigenvalue weighted by molar-refractivity contribution is 5.79.